The first kappa shape index (κ1) is 13.3. The van der Waals surface area contributed by atoms with Crippen LogP contribution in [0.1, 0.15) is 49.5 Å². The topological polar surface area (TPSA) is 54.9 Å². The van der Waals surface area contributed by atoms with Crippen LogP contribution in [0.25, 0.3) is 0 Å². The van der Waals surface area contributed by atoms with Crippen LogP contribution in [0, 0.1) is 5.41 Å². The molecule has 1 amide bonds. The summed E-state index contributed by atoms with van der Waals surface area (Å²) in [6.45, 7) is 2.93. The summed E-state index contributed by atoms with van der Waals surface area (Å²) in [6.07, 6.45) is 9.02. The highest BCUT2D eigenvalue weighted by atomic mass is 35.5. The van der Waals surface area contributed by atoms with Gasteiger partial charge in [0.15, 0.2) is 0 Å². The van der Waals surface area contributed by atoms with Crippen molar-refractivity contribution >= 4 is 17.5 Å². The molecular formula is C13H18ClN3O. The lowest BCUT2D eigenvalue weighted by Crippen LogP contribution is -2.37. The molecule has 5 heteroatoms. The molecule has 18 heavy (non-hydrogen) atoms. The Morgan fingerprint density at radius 3 is 2.78 bits per heavy atom. The summed E-state index contributed by atoms with van der Waals surface area (Å²) in [6, 6.07) is 0. The van der Waals surface area contributed by atoms with Gasteiger partial charge < -0.3 is 5.32 Å². The number of halogens is 1. The first-order valence-corrected chi connectivity index (χ1v) is 6.73. The lowest BCUT2D eigenvalue weighted by molar-refractivity contribution is 0.0914. The van der Waals surface area contributed by atoms with Crippen LogP contribution in [-0.4, -0.2) is 22.4 Å². The molecule has 4 nitrogen and oxygen atoms in total. The molecule has 0 unspecified atom stereocenters. The number of carbonyl (C=O) groups is 1. The SMILES string of the molecule is CC1(CNC(=O)c2cncc(Cl)n2)CCCCC1. The number of hydrogen-bond acceptors (Lipinski definition) is 3. The predicted molar refractivity (Wildman–Crippen MR) is 70.6 cm³/mol. The minimum absolute atomic E-state index is 0.197. The van der Waals surface area contributed by atoms with Crippen molar-refractivity contribution in [1.29, 1.82) is 0 Å². The standard InChI is InChI=1S/C13H18ClN3O/c1-13(5-3-2-4-6-13)9-16-12(18)10-7-15-8-11(14)17-10/h7-8H,2-6,9H2,1H3,(H,16,18). The molecule has 0 aromatic carbocycles. The van der Waals surface area contributed by atoms with Gasteiger partial charge in [0.1, 0.15) is 10.8 Å². The van der Waals surface area contributed by atoms with E-state index in [0.717, 1.165) is 0 Å². The molecule has 1 heterocycles. The van der Waals surface area contributed by atoms with Gasteiger partial charge in [-0.2, -0.15) is 0 Å². The molecule has 0 aliphatic heterocycles. The van der Waals surface area contributed by atoms with Gasteiger partial charge in [0.2, 0.25) is 0 Å². The van der Waals surface area contributed by atoms with Crippen molar-refractivity contribution in [1.82, 2.24) is 15.3 Å². The molecule has 1 aromatic rings. The third-order valence-electron chi connectivity index (χ3n) is 3.57. The quantitative estimate of drug-likeness (QED) is 0.916. The van der Waals surface area contributed by atoms with Crippen molar-refractivity contribution in [3.8, 4) is 0 Å². The molecular weight excluding hydrogens is 250 g/mol. The molecule has 0 radical (unpaired) electrons. The number of carbonyl (C=O) groups excluding carboxylic acids is 1. The van der Waals surface area contributed by atoms with Crippen molar-refractivity contribution in [2.75, 3.05) is 6.54 Å². The molecule has 1 aromatic heterocycles. The molecule has 0 spiro atoms. The normalized spacial score (nSPS) is 18.3. The van der Waals surface area contributed by atoms with Crippen molar-refractivity contribution in [2.45, 2.75) is 39.0 Å². The van der Waals surface area contributed by atoms with Crippen molar-refractivity contribution in [2.24, 2.45) is 5.41 Å². The third-order valence-corrected chi connectivity index (χ3v) is 3.76. The summed E-state index contributed by atoms with van der Waals surface area (Å²) in [4.78, 5) is 19.7. The molecule has 1 saturated carbocycles. The second-order valence-corrected chi connectivity index (χ2v) is 5.67. The Morgan fingerprint density at radius 2 is 2.11 bits per heavy atom. The molecule has 1 aliphatic rings. The summed E-state index contributed by atoms with van der Waals surface area (Å²) in [5, 5.41) is 3.18. The van der Waals surface area contributed by atoms with Gasteiger partial charge in [0.05, 0.1) is 12.4 Å². The monoisotopic (exact) mass is 267 g/mol. The van der Waals surface area contributed by atoms with E-state index in [1.54, 1.807) is 0 Å². The summed E-state index contributed by atoms with van der Waals surface area (Å²) in [5.41, 5.74) is 0.502. The van der Waals surface area contributed by atoms with E-state index in [4.69, 9.17) is 11.6 Å². The zero-order valence-corrected chi connectivity index (χ0v) is 11.3. The lowest BCUT2D eigenvalue weighted by atomic mass is 9.76. The van der Waals surface area contributed by atoms with E-state index in [0.29, 0.717) is 6.54 Å². The van der Waals surface area contributed by atoms with E-state index in [1.807, 2.05) is 0 Å². The molecule has 2 rings (SSSR count). The van der Waals surface area contributed by atoms with Gasteiger partial charge in [-0.3, -0.25) is 9.78 Å². The summed E-state index contributed by atoms with van der Waals surface area (Å²) >= 11 is 5.71. The van der Waals surface area contributed by atoms with E-state index < -0.39 is 0 Å². The summed E-state index contributed by atoms with van der Waals surface area (Å²) in [5.74, 6) is -0.197. The number of nitrogens with one attached hydrogen (secondary N) is 1. The third kappa shape index (κ3) is 3.42. The van der Waals surface area contributed by atoms with Crippen molar-refractivity contribution in [3.63, 3.8) is 0 Å². The van der Waals surface area contributed by atoms with Crippen LogP contribution in [0.3, 0.4) is 0 Å². The molecule has 1 fully saturated rings. The van der Waals surface area contributed by atoms with Crippen LogP contribution in [0.2, 0.25) is 5.15 Å². The van der Waals surface area contributed by atoms with Gasteiger partial charge in [-0.25, -0.2) is 4.98 Å². The second kappa shape index (κ2) is 5.65. The number of hydrogen-bond donors (Lipinski definition) is 1. The predicted octanol–water partition coefficient (Wildman–Crippen LogP) is 2.83. The Kier molecular flexibility index (Phi) is 4.17. The van der Waals surface area contributed by atoms with E-state index in [-0.39, 0.29) is 22.2 Å². The highest BCUT2D eigenvalue weighted by molar-refractivity contribution is 6.29. The van der Waals surface area contributed by atoms with Crippen LogP contribution >= 0.6 is 11.6 Å². The average molecular weight is 268 g/mol. The molecule has 0 atom stereocenters. The Hall–Kier alpha value is -1.16. The lowest BCUT2D eigenvalue weighted by Gasteiger charge is -2.33. The number of nitrogens with zero attached hydrogens (tertiary/aromatic N) is 2. The largest absolute Gasteiger partial charge is 0.350 e. The van der Waals surface area contributed by atoms with E-state index in [1.165, 1.54) is 44.5 Å². The van der Waals surface area contributed by atoms with Crippen LogP contribution in [-0.2, 0) is 0 Å². The fraction of sp³-hybridized carbons (Fsp3) is 0.615. The fourth-order valence-electron chi connectivity index (χ4n) is 2.42. The van der Waals surface area contributed by atoms with Crippen molar-refractivity contribution < 1.29 is 4.79 Å². The van der Waals surface area contributed by atoms with E-state index in [9.17, 15) is 4.79 Å². The van der Waals surface area contributed by atoms with Crippen LogP contribution in [0.15, 0.2) is 12.4 Å². The van der Waals surface area contributed by atoms with Crippen LogP contribution < -0.4 is 5.32 Å². The number of rotatable bonds is 3. The Bertz CT molecular complexity index is 430. The molecule has 0 saturated heterocycles. The zero-order chi connectivity index (χ0) is 13.0. The summed E-state index contributed by atoms with van der Waals surface area (Å²) < 4.78 is 0. The Labute approximate surface area is 112 Å². The maximum Gasteiger partial charge on any atom is 0.271 e. The van der Waals surface area contributed by atoms with Crippen LogP contribution in [0.5, 0.6) is 0 Å². The van der Waals surface area contributed by atoms with E-state index in [2.05, 4.69) is 22.2 Å². The highest BCUT2D eigenvalue weighted by Crippen LogP contribution is 2.34. The van der Waals surface area contributed by atoms with Crippen LogP contribution in [0.4, 0.5) is 0 Å². The zero-order valence-electron chi connectivity index (χ0n) is 10.6. The fourth-order valence-corrected chi connectivity index (χ4v) is 2.57. The molecule has 98 valence electrons. The Morgan fingerprint density at radius 1 is 1.39 bits per heavy atom. The van der Waals surface area contributed by atoms with Gasteiger partial charge >= 0.3 is 0 Å². The second-order valence-electron chi connectivity index (χ2n) is 5.28. The highest BCUT2D eigenvalue weighted by Gasteiger charge is 2.27. The number of aromatic nitrogens is 2. The minimum Gasteiger partial charge on any atom is -0.350 e. The summed E-state index contributed by atoms with van der Waals surface area (Å²) in [7, 11) is 0. The van der Waals surface area contributed by atoms with Crippen molar-refractivity contribution in [3.05, 3.63) is 23.2 Å². The molecule has 1 aliphatic carbocycles. The first-order valence-electron chi connectivity index (χ1n) is 6.35. The van der Waals surface area contributed by atoms with Gasteiger partial charge in [-0.1, -0.05) is 37.8 Å². The smallest absolute Gasteiger partial charge is 0.271 e. The molecule has 0 bridgehead atoms. The number of amides is 1. The van der Waals surface area contributed by atoms with Gasteiger partial charge in [0.25, 0.3) is 5.91 Å². The maximum absolute atomic E-state index is 11.9. The molecule has 1 N–H and O–H groups in total. The maximum atomic E-state index is 11.9. The first-order chi connectivity index (χ1) is 8.59. The van der Waals surface area contributed by atoms with Gasteiger partial charge in [-0.15, -0.1) is 0 Å². The average Bonchev–Trinajstić information content (AvgIpc) is 2.37. The minimum atomic E-state index is -0.197. The van der Waals surface area contributed by atoms with Gasteiger partial charge in [0, 0.05) is 6.54 Å². The Balaban J connectivity index is 1.92. The van der Waals surface area contributed by atoms with E-state index >= 15 is 0 Å². The van der Waals surface area contributed by atoms with Gasteiger partial charge in [-0.05, 0) is 18.3 Å².